The Kier molecular flexibility index (Phi) is 7.41. The molecule has 4 nitrogen and oxygen atoms in total. The maximum Gasteiger partial charge on any atom is 0.225 e. The van der Waals surface area contributed by atoms with Crippen LogP contribution >= 0.6 is 0 Å². The molecule has 4 aromatic carbocycles. The van der Waals surface area contributed by atoms with Gasteiger partial charge < -0.3 is 14.2 Å². The number of aryl methyl sites for hydroxylation is 2. The van der Waals surface area contributed by atoms with Gasteiger partial charge >= 0.3 is 0 Å². The van der Waals surface area contributed by atoms with Gasteiger partial charge in [-0.05, 0) is 74.9 Å². The van der Waals surface area contributed by atoms with E-state index >= 15 is 0 Å². The summed E-state index contributed by atoms with van der Waals surface area (Å²) in [4.78, 5) is 4.74. The van der Waals surface area contributed by atoms with Crippen LogP contribution in [0.25, 0.3) is 0 Å². The van der Waals surface area contributed by atoms with Crippen LogP contribution in [0.2, 0.25) is 0 Å². The molecule has 0 unspecified atom stereocenters. The first kappa shape index (κ1) is 22.9. The van der Waals surface area contributed by atoms with Crippen molar-refractivity contribution in [2.24, 2.45) is 4.99 Å². The monoisotopic (exact) mass is 449 g/mol. The fourth-order valence-electron chi connectivity index (χ4n) is 3.16. The third kappa shape index (κ3) is 6.59. The Morgan fingerprint density at radius 1 is 0.647 bits per heavy atom. The first-order chi connectivity index (χ1) is 16.5. The van der Waals surface area contributed by atoms with Gasteiger partial charge in [0.05, 0.1) is 11.9 Å². The summed E-state index contributed by atoms with van der Waals surface area (Å²) in [6.45, 7) is 5.98. The van der Waals surface area contributed by atoms with Gasteiger partial charge in [0, 0.05) is 11.6 Å². The summed E-state index contributed by atoms with van der Waals surface area (Å²) in [5.41, 5.74) is 3.84. The number of aliphatic imine (C=N–C) groups is 1. The molecule has 0 radical (unpaired) electrons. The highest BCUT2D eigenvalue weighted by atomic mass is 16.5. The summed E-state index contributed by atoms with van der Waals surface area (Å²) >= 11 is 0. The van der Waals surface area contributed by atoms with E-state index in [1.54, 1.807) is 6.26 Å². The molecule has 0 aliphatic rings. The van der Waals surface area contributed by atoms with Crippen molar-refractivity contribution in [1.29, 1.82) is 0 Å². The Morgan fingerprint density at radius 3 is 2.09 bits per heavy atom. The van der Waals surface area contributed by atoms with E-state index in [2.05, 4.69) is 0 Å². The lowest BCUT2D eigenvalue weighted by Crippen LogP contribution is -2.11. The van der Waals surface area contributed by atoms with Crippen LogP contribution in [-0.2, 0) is 0 Å². The number of ether oxygens (including phenoxy) is 3. The van der Waals surface area contributed by atoms with E-state index in [-0.39, 0.29) is 0 Å². The van der Waals surface area contributed by atoms with Gasteiger partial charge in [-0.3, -0.25) is 0 Å². The summed E-state index contributed by atoms with van der Waals surface area (Å²) in [5.74, 6) is 3.25. The Balaban J connectivity index is 1.60. The predicted octanol–water partition coefficient (Wildman–Crippen LogP) is 8.19. The zero-order chi connectivity index (χ0) is 23.8. The maximum atomic E-state index is 6.22. The lowest BCUT2D eigenvalue weighted by Gasteiger charge is -2.12. The maximum absolute atomic E-state index is 6.22. The molecule has 0 N–H and O–H groups in total. The number of hydrogen-bond donors (Lipinski definition) is 0. The Hall–Kier alpha value is -4.31. The third-order valence-corrected chi connectivity index (χ3v) is 4.96. The molecule has 0 aromatic heterocycles. The van der Waals surface area contributed by atoms with Crippen molar-refractivity contribution >= 4 is 11.6 Å². The topological polar surface area (TPSA) is 40.0 Å². The zero-order valence-corrected chi connectivity index (χ0v) is 19.6. The molecule has 0 bridgehead atoms. The van der Waals surface area contributed by atoms with Crippen molar-refractivity contribution < 1.29 is 14.2 Å². The van der Waals surface area contributed by atoms with E-state index in [0.717, 1.165) is 28.3 Å². The molecule has 0 spiro atoms. The average molecular weight is 450 g/mol. The zero-order valence-electron chi connectivity index (χ0n) is 19.6. The van der Waals surface area contributed by atoms with Gasteiger partial charge in [0.25, 0.3) is 0 Å². The van der Waals surface area contributed by atoms with Crippen LogP contribution in [0.1, 0.15) is 18.1 Å². The van der Waals surface area contributed by atoms with Crippen molar-refractivity contribution in [3.8, 4) is 23.0 Å². The fraction of sp³-hybridized carbons (Fsp3) is 0.100. The highest BCUT2D eigenvalue weighted by molar-refractivity contribution is 5.96. The largest absolute Gasteiger partial charge is 0.465 e. The van der Waals surface area contributed by atoms with Gasteiger partial charge in [-0.2, -0.15) is 0 Å². The van der Waals surface area contributed by atoms with Crippen molar-refractivity contribution in [3.05, 3.63) is 126 Å². The van der Waals surface area contributed by atoms with E-state index in [4.69, 9.17) is 19.2 Å². The van der Waals surface area contributed by atoms with Crippen molar-refractivity contribution in [3.63, 3.8) is 0 Å². The molecule has 0 saturated carbocycles. The molecule has 0 fully saturated rings. The number of hydrogen-bond acceptors (Lipinski definition) is 4. The number of rotatable bonds is 7. The Bertz CT molecular complexity index is 1290. The van der Waals surface area contributed by atoms with Crippen molar-refractivity contribution in [1.82, 2.24) is 0 Å². The molecule has 0 amide bonds. The standard InChI is InChI=1S/C30H27NO3/c1-22-15-17-25(18-16-22)31-30(24(3)21-32-27-12-7-9-23(2)19-27)34-29-14-8-13-28(20-29)33-26-10-5-4-6-11-26/h4-21H,1-3H3/b24-21+,31-30-. The van der Waals surface area contributed by atoms with Crippen LogP contribution in [0.3, 0.4) is 0 Å². The lowest BCUT2D eigenvalue weighted by molar-refractivity contribution is 0.469. The summed E-state index contributed by atoms with van der Waals surface area (Å²) in [5, 5.41) is 0. The van der Waals surface area contributed by atoms with Crippen molar-refractivity contribution in [2.75, 3.05) is 0 Å². The lowest BCUT2D eigenvalue weighted by atomic mass is 10.2. The highest BCUT2D eigenvalue weighted by Crippen LogP contribution is 2.26. The van der Waals surface area contributed by atoms with Gasteiger partial charge in [0.2, 0.25) is 5.90 Å². The van der Waals surface area contributed by atoms with Gasteiger partial charge in [0.15, 0.2) is 0 Å². The van der Waals surface area contributed by atoms with Crippen LogP contribution in [0.4, 0.5) is 5.69 Å². The first-order valence-corrected chi connectivity index (χ1v) is 11.1. The van der Waals surface area contributed by atoms with Crippen LogP contribution in [0.15, 0.2) is 120 Å². The van der Waals surface area contributed by atoms with E-state index in [9.17, 15) is 0 Å². The first-order valence-electron chi connectivity index (χ1n) is 11.1. The minimum absolute atomic E-state index is 0.438. The van der Waals surface area contributed by atoms with Crippen LogP contribution in [0, 0.1) is 13.8 Å². The normalized spacial score (nSPS) is 11.7. The second kappa shape index (κ2) is 11.0. The van der Waals surface area contributed by atoms with E-state index in [0.29, 0.717) is 17.4 Å². The molecule has 0 atom stereocenters. The molecule has 4 rings (SSSR count). The summed E-state index contributed by atoms with van der Waals surface area (Å²) < 4.78 is 18.1. The van der Waals surface area contributed by atoms with Crippen LogP contribution in [0.5, 0.6) is 23.0 Å². The SMILES string of the molecule is CC(=C\Oc1cccc(C)c1)/C(=N/c1ccc(C)cc1)Oc1cccc(Oc2ccccc2)c1. The Labute approximate surface area is 200 Å². The summed E-state index contributed by atoms with van der Waals surface area (Å²) in [7, 11) is 0. The summed E-state index contributed by atoms with van der Waals surface area (Å²) in [6.07, 6.45) is 1.66. The minimum atomic E-state index is 0.438. The molecule has 4 heteroatoms. The average Bonchev–Trinajstić information content (AvgIpc) is 2.84. The number of para-hydroxylation sites is 1. The predicted molar refractivity (Wildman–Crippen MR) is 137 cm³/mol. The van der Waals surface area contributed by atoms with E-state index < -0.39 is 0 Å². The Morgan fingerprint density at radius 2 is 1.32 bits per heavy atom. The second-order valence-electron chi connectivity index (χ2n) is 7.98. The molecule has 0 aliphatic heterocycles. The minimum Gasteiger partial charge on any atom is -0.465 e. The number of benzene rings is 4. The number of nitrogens with zero attached hydrogens (tertiary/aromatic N) is 1. The summed E-state index contributed by atoms with van der Waals surface area (Å²) in [6, 6.07) is 33.0. The highest BCUT2D eigenvalue weighted by Gasteiger charge is 2.09. The van der Waals surface area contributed by atoms with E-state index in [1.165, 1.54) is 5.56 Å². The fourth-order valence-corrected chi connectivity index (χ4v) is 3.16. The molecular weight excluding hydrogens is 422 g/mol. The molecule has 34 heavy (non-hydrogen) atoms. The van der Waals surface area contributed by atoms with E-state index in [1.807, 2.05) is 124 Å². The second-order valence-corrected chi connectivity index (χ2v) is 7.98. The smallest absolute Gasteiger partial charge is 0.225 e. The van der Waals surface area contributed by atoms with Gasteiger partial charge in [-0.1, -0.05) is 54.1 Å². The molecule has 0 saturated heterocycles. The van der Waals surface area contributed by atoms with Gasteiger partial charge in [-0.15, -0.1) is 0 Å². The van der Waals surface area contributed by atoms with Gasteiger partial charge in [-0.25, -0.2) is 4.99 Å². The quantitative estimate of drug-likeness (QED) is 0.162. The molecule has 0 aliphatic carbocycles. The van der Waals surface area contributed by atoms with Crippen LogP contribution in [-0.4, -0.2) is 5.90 Å². The molecule has 170 valence electrons. The molecule has 0 heterocycles. The third-order valence-electron chi connectivity index (χ3n) is 4.96. The molecular formula is C30H27NO3. The molecule has 4 aromatic rings. The van der Waals surface area contributed by atoms with Gasteiger partial charge in [0.1, 0.15) is 23.0 Å². The van der Waals surface area contributed by atoms with Crippen LogP contribution < -0.4 is 14.2 Å². The van der Waals surface area contributed by atoms with Crippen molar-refractivity contribution in [2.45, 2.75) is 20.8 Å².